The minimum atomic E-state index is -1.73. The molecule has 100 valence electrons. The molecule has 0 aliphatic carbocycles. The van der Waals surface area contributed by atoms with Crippen molar-refractivity contribution in [1.82, 2.24) is 9.55 Å². The summed E-state index contributed by atoms with van der Waals surface area (Å²) in [6.45, 7) is 1.22. The van der Waals surface area contributed by atoms with E-state index in [1.54, 1.807) is 13.0 Å². The lowest BCUT2D eigenvalue weighted by molar-refractivity contribution is -0.0461. The molecule has 1 fully saturated rings. The summed E-state index contributed by atoms with van der Waals surface area (Å²) in [5.41, 5.74) is -0.0419. The molecule has 6 nitrogen and oxygen atoms in total. The Hall–Kier alpha value is -0.660. The molecule has 0 spiro atoms. The Balaban J connectivity index is 2.42. The van der Waals surface area contributed by atoms with E-state index < -0.39 is 35.1 Å². The Kier molecular flexibility index (Phi) is 3.66. The molecular weight excluding hydrogens is 283 g/mol. The Morgan fingerprint density at radius 3 is 2.78 bits per heavy atom. The molecule has 1 aliphatic rings. The second-order valence-corrected chi connectivity index (χ2v) is 5.53. The van der Waals surface area contributed by atoms with Crippen LogP contribution >= 0.6 is 23.2 Å². The third-order valence-electron chi connectivity index (χ3n) is 2.78. The van der Waals surface area contributed by atoms with E-state index in [2.05, 4.69) is 4.98 Å². The first kappa shape index (κ1) is 13.8. The largest absolute Gasteiger partial charge is 0.394 e. The van der Waals surface area contributed by atoms with Crippen molar-refractivity contribution in [3.63, 3.8) is 0 Å². The summed E-state index contributed by atoms with van der Waals surface area (Å²) in [6, 6.07) is 1.59. The Morgan fingerprint density at radius 1 is 1.61 bits per heavy atom. The number of aliphatic hydroxyl groups is 2. The maximum Gasteiger partial charge on any atom is 0.349 e. The quantitative estimate of drug-likeness (QED) is 0.749. The molecule has 1 aromatic rings. The van der Waals surface area contributed by atoms with Crippen LogP contribution in [0, 0.1) is 6.92 Å². The fourth-order valence-electron chi connectivity index (χ4n) is 1.79. The van der Waals surface area contributed by atoms with Gasteiger partial charge in [0, 0.05) is 11.9 Å². The van der Waals surface area contributed by atoms with Gasteiger partial charge in [0.05, 0.1) is 6.61 Å². The lowest BCUT2D eigenvalue weighted by Gasteiger charge is -2.23. The van der Waals surface area contributed by atoms with Gasteiger partial charge in [0.15, 0.2) is 10.6 Å². The summed E-state index contributed by atoms with van der Waals surface area (Å²) >= 11 is 12.0. The summed E-state index contributed by atoms with van der Waals surface area (Å²) in [5.74, 6) is 0. The van der Waals surface area contributed by atoms with Crippen LogP contribution in [0.2, 0.25) is 0 Å². The number of aryl methyl sites for hydroxylation is 1. The zero-order chi connectivity index (χ0) is 13.5. The molecule has 1 aromatic heterocycles. The molecular formula is C10H12Cl2N2O4. The normalized spacial score (nSPS) is 30.6. The smallest absolute Gasteiger partial charge is 0.349 e. The first-order valence-electron chi connectivity index (χ1n) is 5.26. The van der Waals surface area contributed by atoms with Crippen LogP contribution in [0.15, 0.2) is 17.1 Å². The number of nitrogens with zero attached hydrogens (tertiary/aromatic N) is 2. The SMILES string of the molecule is Cc1ccn([C@@H]2O[C@H](CO)[C@@H](O)C2(Cl)Cl)c(=O)n1. The highest BCUT2D eigenvalue weighted by Crippen LogP contribution is 2.45. The van der Waals surface area contributed by atoms with Gasteiger partial charge in [-0.15, -0.1) is 0 Å². The van der Waals surface area contributed by atoms with E-state index >= 15 is 0 Å². The molecule has 2 heterocycles. The van der Waals surface area contributed by atoms with Crippen LogP contribution < -0.4 is 5.69 Å². The number of rotatable bonds is 2. The van der Waals surface area contributed by atoms with Crippen molar-refractivity contribution in [3.8, 4) is 0 Å². The van der Waals surface area contributed by atoms with Crippen LogP contribution in [0.1, 0.15) is 11.9 Å². The Bertz CT molecular complexity index is 505. The third kappa shape index (κ3) is 2.15. The molecule has 0 saturated carbocycles. The lowest BCUT2D eigenvalue weighted by Crippen LogP contribution is -2.40. The van der Waals surface area contributed by atoms with E-state index in [1.807, 2.05) is 0 Å². The summed E-state index contributed by atoms with van der Waals surface area (Å²) in [4.78, 5) is 15.5. The van der Waals surface area contributed by atoms with Gasteiger partial charge in [-0.25, -0.2) is 4.79 Å². The van der Waals surface area contributed by atoms with Gasteiger partial charge >= 0.3 is 5.69 Å². The number of alkyl halides is 2. The standard InChI is InChI=1S/C10H12Cl2N2O4/c1-5-2-3-14(9(17)13-5)8-10(11,12)7(16)6(4-15)18-8/h2-3,6-8,15-16H,4H2,1H3/t6-,7-,8-/m1/s1. The minimum Gasteiger partial charge on any atom is -0.394 e. The van der Waals surface area contributed by atoms with Gasteiger partial charge in [-0.2, -0.15) is 4.98 Å². The van der Waals surface area contributed by atoms with Crippen LogP contribution in [0.3, 0.4) is 0 Å². The van der Waals surface area contributed by atoms with E-state index in [0.717, 1.165) is 4.57 Å². The predicted octanol–water partition coefficient (Wildman–Crippen LogP) is -0.0238. The Labute approximate surface area is 113 Å². The number of hydrogen-bond acceptors (Lipinski definition) is 5. The minimum absolute atomic E-state index is 0.451. The lowest BCUT2D eigenvalue weighted by atomic mass is 10.2. The van der Waals surface area contributed by atoms with Gasteiger partial charge in [0.25, 0.3) is 0 Å². The van der Waals surface area contributed by atoms with Gasteiger partial charge in [-0.3, -0.25) is 4.57 Å². The van der Waals surface area contributed by atoms with Crippen LogP contribution in [0.25, 0.3) is 0 Å². The molecule has 2 rings (SSSR count). The fourth-order valence-corrected chi connectivity index (χ4v) is 2.39. The molecule has 0 radical (unpaired) electrons. The summed E-state index contributed by atoms with van der Waals surface area (Å²) in [7, 11) is 0. The zero-order valence-electron chi connectivity index (χ0n) is 9.46. The van der Waals surface area contributed by atoms with Crippen LogP contribution in [0.5, 0.6) is 0 Å². The van der Waals surface area contributed by atoms with Gasteiger partial charge in [0.1, 0.15) is 12.2 Å². The zero-order valence-corrected chi connectivity index (χ0v) is 11.0. The van der Waals surface area contributed by atoms with Gasteiger partial charge in [-0.1, -0.05) is 23.2 Å². The molecule has 0 aromatic carbocycles. The molecule has 8 heteroatoms. The van der Waals surface area contributed by atoms with Crippen LogP contribution in [-0.2, 0) is 4.74 Å². The van der Waals surface area contributed by atoms with Gasteiger partial charge in [-0.05, 0) is 13.0 Å². The maximum atomic E-state index is 11.7. The highest BCUT2D eigenvalue weighted by molar-refractivity contribution is 6.49. The molecule has 3 atom stereocenters. The summed E-state index contributed by atoms with van der Waals surface area (Å²) in [5, 5.41) is 18.9. The number of hydrogen-bond donors (Lipinski definition) is 2. The van der Waals surface area contributed by atoms with Crippen molar-refractivity contribution in [1.29, 1.82) is 0 Å². The second-order valence-electron chi connectivity index (χ2n) is 4.09. The third-order valence-corrected chi connectivity index (χ3v) is 3.60. The number of aromatic nitrogens is 2. The first-order valence-corrected chi connectivity index (χ1v) is 6.01. The number of ether oxygens (including phenoxy) is 1. The first-order chi connectivity index (χ1) is 8.37. The highest BCUT2D eigenvalue weighted by atomic mass is 35.5. The average molecular weight is 295 g/mol. The van der Waals surface area contributed by atoms with E-state index in [4.69, 9.17) is 33.0 Å². The van der Waals surface area contributed by atoms with Crippen molar-refractivity contribution in [3.05, 3.63) is 28.4 Å². The van der Waals surface area contributed by atoms with Crippen molar-refractivity contribution in [2.24, 2.45) is 0 Å². The van der Waals surface area contributed by atoms with Gasteiger partial charge < -0.3 is 14.9 Å². The number of aliphatic hydroxyl groups excluding tert-OH is 2. The van der Waals surface area contributed by atoms with Crippen molar-refractivity contribution < 1.29 is 14.9 Å². The molecule has 1 aliphatic heterocycles. The van der Waals surface area contributed by atoms with Gasteiger partial charge in [0.2, 0.25) is 0 Å². The molecule has 2 N–H and O–H groups in total. The molecule has 0 amide bonds. The van der Waals surface area contributed by atoms with E-state index in [-0.39, 0.29) is 0 Å². The molecule has 18 heavy (non-hydrogen) atoms. The molecule has 0 bridgehead atoms. The van der Waals surface area contributed by atoms with Crippen LogP contribution in [0.4, 0.5) is 0 Å². The topological polar surface area (TPSA) is 84.6 Å². The fraction of sp³-hybridized carbons (Fsp3) is 0.600. The van der Waals surface area contributed by atoms with E-state index in [0.29, 0.717) is 5.69 Å². The second kappa shape index (κ2) is 4.79. The summed E-state index contributed by atoms with van der Waals surface area (Å²) in [6.07, 6.45) is -1.92. The maximum absolute atomic E-state index is 11.7. The number of halogens is 2. The highest BCUT2D eigenvalue weighted by Gasteiger charge is 2.55. The molecule has 1 saturated heterocycles. The monoisotopic (exact) mass is 294 g/mol. The average Bonchev–Trinajstić information content (AvgIpc) is 2.52. The van der Waals surface area contributed by atoms with E-state index in [9.17, 15) is 9.90 Å². The van der Waals surface area contributed by atoms with E-state index in [1.165, 1.54) is 6.20 Å². The molecule has 0 unspecified atom stereocenters. The summed E-state index contributed by atoms with van der Waals surface area (Å²) < 4.78 is 4.67. The predicted molar refractivity (Wildman–Crippen MR) is 64.7 cm³/mol. The van der Waals surface area contributed by atoms with Crippen molar-refractivity contribution in [2.75, 3.05) is 6.61 Å². The Morgan fingerprint density at radius 2 is 2.28 bits per heavy atom. The van der Waals surface area contributed by atoms with Crippen molar-refractivity contribution >= 4 is 23.2 Å². The van der Waals surface area contributed by atoms with Crippen LogP contribution in [-0.4, -0.2) is 42.9 Å². The van der Waals surface area contributed by atoms with Crippen molar-refractivity contribution in [2.45, 2.75) is 29.7 Å².